The number of amides is 2. The highest BCUT2D eigenvalue weighted by atomic mass is 79.9. The van der Waals surface area contributed by atoms with Gasteiger partial charge in [-0.3, -0.25) is 4.90 Å². The number of carbonyl (C=O) groups is 1. The highest BCUT2D eigenvalue weighted by Gasteiger charge is 2.27. The number of anilines is 1. The Kier molecular flexibility index (Phi) is 3.62. The summed E-state index contributed by atoms with van der Waals surface area (Å²) in [7, 11) is 0. The molecule has 0 aromatic carbocycles. The van der Waals surface area contributed by atoms with Gasteiger partial charge in [-0.2, -0.15) is 4.98 Å². The Morgan fingerprint density at radius 2 is 2.38 bits per heavy atom. The van der Waals surface area contributed by atoms with Gasteiger partial charge in [0.2, 0.25) is 5.89 Å². The Labute approximate surface area is 129 Å². The topological polar surface area (TPSA) is 84.2 Å². The van der Waals surface area contributed by atoms with Gasteiger partial charge in [-0.25, -0.2) is 9.78 Å². The summed E-state index contributed by atoms with van der Waals surface area (Å²) < 4.78 is 5.83. The molecule has 2 aromatic heterocycles. The molecule has 1 aliphatic heterocycles. The van der Waals surface area contributed by atoms with Crippen molar-refractivity contribution in [3.8, 4) is 0 Å². The normalized spacial score (nSPS) is 14.9. The van der Waals surface area contributed by atoms with Crippen LogP contribution in [-0.4, -0.2) is 27.7 Å². The Bertz CT molecular complexity index is 687. The average molecular weight is 352 g/mol. The maximum atomic E-state index is 12.4. The number of rotatable bonds is 2. The molecule has 3 rings (SSSR count). The lowest BCUT2D eigenvalue weighted by atomic mass is 10.2. The number of aromatic nitrogens is 3. The molecule has 0 spiro atoms. The van der Waals surface area contributed by atoms with Gasteiger partial charge in [0, 0.05) is 24.1 Å². The number of pyridine rings is 1. The molecule has 2 amide bonds. The number of hydrogen-bond donors (Lipinski definition) is 1. The number of fused-ring (bicyclic) bond motifs is 1. The van der Waals surface area contributed by atoms with Gasteiger partial charge in [0.05, 0.1) is 6.04 Å². The van der Waals surface area contributed by atoms with E-state index in [0.717, 1.165) is 16.5 Å². The Morgan fingerprint density at radius 3 is 3.10 bits per heavy atom. The van der Waals surface area contributed by atoms with Crippen LogP contribution in [0.15, 0.2) is 21.3 Å². The molecule has 1 aliphatic rings. The highest BCUT2D eigenvalue weighted by Crippen LogP contribution is 2.28. The molecule has 8 heteroatoms. The van der Waals surface area contributed by atoms with E-state index >= 15 is 0 Å². The SMILES string of the molecule is Cc1nc(C(C)NC(=O)N2CCc3cc(Br)cnc32)no1. The maximum absolute atomic E-state index is 12.4. The van der Waals surface area contributed by atoms with E-state index in [1.165, 1.54) is 0 Å². The van der Waals surface area contributed by atoms with E-state index in [0.29, 0.717) is 24.1 Å². The van der Waals surface area contributed by atoms with Gasteiger partial charge in [-0.05, 0) is 40.9 Å². The van der Waals surface area contributed by atoms with Crippen molar-refractivity contribution in [1.82, 2.24) is 20.4 Å². The first kappa shape index (κ1) is 14.0. The van der Waals surface area contributed by atoms with Crippen LogP contribution >= 0.6 is 15.9 Å². The van der Waals surface area contributed by atoms with Gasteiger partial charge in [-0.1, -0.05) is 5.16 Å². The number of aryl methyl sites for hydroxylation is 1. The van der Waals surface area contributed by atoms with Gasteiger partial charge in [0.25, 0.3) is 0 Å². The molecule has 1 N–H and O–H groups in total. The van der Waals surface area contributed by atoms with Crippen LogP contribution in [0.3, 0.4) is 0 Å². The zero-order valence-corrected chi connectivity index (χ0v) is 13.2. The zero-order chi connectivity index (χ0) is 15.0. The van der Waals surface area contributed by atoms with Gasteiger partial charge < -0.3 is 9.84 Å². The predicted octanol–water partition coefficient (Wildman–Crippen LogP) is 2.37. The molecule has 2 aromatic rings. The summed E-state index contributed by atoms with van der Waals surface area (Å²) in [5, 5.41) is 6.67. The van der Waals surface area contributed by atoms with E-state index < -0.39 is 0 Å². The second-order valence-electron chi connectivity index (χ2n) is 4.88. The second kappa shape index (κ2) is 5.44. The lowest BCUT2D eigenvalue weighted by Crippen LogP contribution is -2.40. The molecule has 21 heavy (non-hydrogen) atoms. The molecule has 0 aliphatic carbocycles. The first-order chi connectivity index (χ1) is 10.0. The fourth-order valence-electron chi connectivity index (χ4n) is 2.26. The van der Waals surface area contributed by atoms with Gasteiger partial charge in [0.15, 0.2) is 5.82 Å². The van der Waals surface area contributed by atoms with Crippen LogP contribution in [0.1, 0.15) is 30.2 Å². The molecule has 1 atom stereocenters. The Morgan fingerprint density at radius 1 is 1.57 bits per heavy atom. The van der Waals surface area contributed by atoms with E-state index in [2.05, 4.69) is 36.4 Å². The number of urea groups is 1. The molecule has 0 saturated carbocycles. The van der Waals surface area contributed by atoms with Crippen molar-refractivity contribution in [2.45, 2.75) is 26.3 Å². The van der Waals surface area contributed by atoms with Crippen molar-refractivity contribution in [1.29, 1.82) is 0 Å². The van der Waals surface area contributed by atoms with Crippen molar-refractivity contribution in [2.75, 3.05) is 11.4 Å². The van der Waals surface area contributed by atoms with Crippen molar-refractivity contribution < 1.29 is 9.32 Å². The van der Waals surface area contributed by atoms with E-state index in [1.807, 2.05) is 13.0 Å². The van der Waals surface area contributed by atoms with Crippen LogP contribution in [0.25, 0.3) is 0 Å². The number of nitrogens with one attached hydrogen (secondary N) is 1. The number of hydrogen-bond acceptors (Lipinski definition) is 5. The Hall–Kier alpha value is -1.96. The third-order valence-corrected chi connectivity index (χ3v) is 3.72. The monoisotopic (exact) mass is 351 g/mol. The van der Waals surface area contributed by atoms with E-state index in [4.69, 9.17) is 4.52 Å². The van der Waals surface area contributed by atoms with Crippen LogP contribution in [-0.2, 0) is 6.42 Å². The second-order valence-corrected chi connectivity index (χ2v) is 5.80. The molecule has 7 nitrogen and oxygen atoms in total. The smallest absolute Gasteiger partial charge is 0.323 e. The molecular formula is C13H14BrN5O2. The van der Waals surface area contributed by atoms with Gasteiger partial charge in [0.1, 0.15) is 5.82 Å². The Balaban J connectivity index is 1.73. The lowest BCUT2D eigenvalue weighted by Gasteiger charge is -2.19. The molecule has 0 saturated heterocycles. The minimum atomic E-state index is -0.325. The van der Waals surface area contributed by atoms with Crippen molar-refractivity contribution in [2.24, 2.45) is 0 Å². The molecule has 0 bridgehead atoms. The third-order valence-electron chi connectivity index (χ3n) is 3.29. The summed E-state index contributed by atoms with van der Waals surface area (Å²) in [6.07, 6.45) is 2.49. The first-order valence-electron chi connectivity index (χ1n) is 6.57. The number of halogens is 1. The molecule has 0 radical (unpaired) electrons. The maximum Gasteiger partial charge on any atom is 0.323 e. The van der Waals surface area contributed by atoms with E-state index in [1.54, 1.807) is 18.0 Å². The summed E-state index contributed by atoms with van der Waals surface area (Å²) in [5.41, 5.74) is 1.06. The molecule has 1 unspecified atom stereocenters. The predicted molar refractivity (Wildman–Crippen MR) is 79.0 cm³/mol. The lowest BCUT2D eigenvalue weighted by molar-refractivity contribution is 0.243. The molecular weight excluding hydrogens is 338 g/mol. The quantitative estimate of drug-likeness (QED) is 0.897. The minimum absolute atomic E-state index is 0.210. The molecule has 0 fully saturated rings. The van der Waals surface area contributed by atoms with Crippen LogP contribution in [0, 0.1) is 6.92 Å². The summed E-state index contributed by atoms with van der Waals surface area (Å²) in [4.78, 5) is 22.4. The summed E-state index contributed by atoms with van der Waals surface area (Å²) in [6.45, 7) is 4.14. The van der Waals surface area contributed by atoms with E-state index in [9.17, 15) is 4.79 Å². The summed E-state index contributed by atoms with van der Waals surface area (Å²) in [5.74, 6) is 1.64. The zero-order valence-electron chi connectivity index (χ0n) is 11.6. The van der Waals surface area contributed by atoms with Gasteiger partial charge in [-0.15, -0.1) is 0 Å². The van der Waals surface area contributed by atoms with Crippen molar-refractivity contribution in [3.63, 3.8) is 0 Å². The van der Waals surface area contributed by atoms with Crippen LogP contribution in [0.5, 0.6) is 0 Å². The largest absolute Gasteiger partial charge is 0.340 e. The summed E-state index contributed by atoms with van der Waals surface area (Å²) >= 11 is 3.39. The average Bonchev–Trinajstić information content (AvgIpc) is 3.04. The third kappa shape index (κ3) is 2.76. The van der Waals surface area contributed by atoms with Crippen molar-refractivity contribution in [3.05, 3.63) is 34.0 Å². The van der Waals surface area contributed by atoms with Crippen molar-refractivity contribution >= 4 is 27.8 Å². The van der Waals surface area contributed by atoms with Gasteiger partial charge >= 0.3 is 6.03 Å². The standard InChI is InChI=1S/C13H14BrN5O2/c1-7(11-17-8(2)21-18-11)16-13(20)19-4-3-9-5-10(14)6-15-12(9)19/h5-7H,3-4H2,1-2H3,(H,16,20). The minimum Gasteiger partial charge on any atom is -0.340 e. The molecule has 110 valence electrons. The van der Waals surface area contributed by atoms with Crippen LogP contribution in [0.4, 0.5) is 10.6 Å². The van der Waals surface area contributed by atoms with Crippen LogP contribution in [0.2, 0.25) is 0 Å². The van der Waals surface area contributed by atoms with E-state index in [-0.39, 0.29) is 12.1 Å². The first-order valence-corrected chi connectivity index (χ1v) is 7.36. The fourth-order valence-corrected chi connectivity index (χ4v) is 2.63. The molecule has 3 heterocycles. The number of carbonyl (C=O) groups excluding carboxylic acids is 1. The summed E-state index contributed by atoms with van der Waals surface area (Å²) in [6, 6.07) is 1.45. The van der Waals surface area contributed by atoms with Crippen LogP contribution < -0.4 is 10.2 Å². The number of nitrogens with zero attached hydrogens (tertiary/aromatic N) is 4. The highest BCUT2D eigenvalue weighted by molar-refractivity contribution is 9.10. The fraction of sp³-hybridized carbons (Fsp3) is 0.385.